The maximum Gasteiger partial charge on any atom is 0.416 e. The summed E-state index contributed by atoms with van der Waals surface area (Å²) in [6.45, 7) is 0.226. The number of aromatic nitrogens is 1. The first-order valence-corrected chi connectivity index (χ1v) is 13.7. The first kappa shape index (κ1) is 26.2. The molecule has 2 N–H and O–H groups in total. The van der Waals surface area contributed by atoms with Gasteiger partial charge in [-0.05, 0) is 53.6 Å². The normalized spacial score (nSPS) is 13.7. The van der Waals surface area contributed by atoms with Crippen molar-refractivity contribution in [2.75, 3.05) is 22.4 Å². The monoisotopic (exact) mass is 553 g/mol. The number of amides is 1. The number of alkyl halides is 3. The highest BCUT2D eigenvalue weighted by atomic mass is 32.2. The van der Waals surface area contributed by atoms with E-state index in [2.05, 4.69) is 9.71 Å². The van der Waals surface area contributed by atoms with Gasteiger partial charge in [-0.2, -0.15) is 13.2 Å². The van der Waals surface area contributed by atoms with Crippen LogP contribution in [0.1, 0.15) is 21.6 Å². The molecule has 1 aromatic heterocycles. The lowest BCUT2D eigenvalue weighted by Gasteiger charge is -2.29. The van der Waals surface area contributed by atoms with E-state index < -0.39 is 21.8 Å². The molecule has 0 spiro atoms. The van der Waals surface area contributed by atoms with Crippen LogP contribution in [-0.4, -0.2) is 37.2 Å². The summed E-state index contributed by atoms with van der Waals surface area (Å²) in [5, 5.41) is 10.0. The Labute approximate surface area is 222 Å². The quantitative estimate of drug-likeness (QED) is 0.308. The first-order chi connectivity index (χ1) is 18.4. The average molecular weight is 554 g/mol. The van der Waals surface area contributed by atoms with Crippen molar-refractivity contribution in [2.24, 2.45) is 0 Å². The molecule has 1 aliphatic heterocycles. The summed E-state index contributed by atoms with van der Waals surface area (Å²) in [5.41, 5.74) is 2.29. The molecule has 0 radical (unpaired) electrons. The molecule has 2 heterocycles. The van der Waals surface area contributed by atoms with Crippen LogP contribution in [0.5, 0.6) is 5.75 Å². The van der Waals surface area contributed by atoms with E-state index in [9.17, 15) is 31.5 Å². The molecule has 3 aromatic carbocycles. The molecule has 0 unspecified atom stereocenters. The van der Waals surface area contributed by atoms with E-state index in [0.717, 1.165) is 18.4 Å². The molecule has 0 aliphatic carbocycles. The second kappa shape index (κ2) is 9.73. The van der Waals surface area contributed by atoms with Gasteiger partial charge in [0.1, 0.15) is 5.75 Å². The van der Waals surface area contributed by atoms with E-state index in [0.29, 0.717) is 45.7 Å². The van der Waals surface area contributed by atoms with Crippen molar-refractivity contribution >= 4 is 27.3 Å². The molecule has 5 rings (SSSR count). The molecule has 39 heavy (non-hydrogen) atoms. The van der Waals surface area contributed by atoms with Crippen LogP contribution >= 0.6 is 0 Å². The molecule has 1 amide bonds. The van der Waals surface area contributed by atoms with Crippen LogP contribution in [0.25, 0.3) is 22.4 Å². The summed E-state index contributed by atoms with van der Waals surface area (Å²) in [4.78, 5) is 19.5. The van der Waals surface area contributed by atoms with E-state index in [1.807, 2.05) is 0 Å². The molecule has 4 aromatic rings. The molecule has 0 bridgehead atoms. The van der Waals surface area contributed by atoms with Gasteiger partial charge in [0.05, 0.1) is 34.5 Å². The van der Waals surface area contributed by atoms with Crippen LogP contribution in [0, 0.1) is 0 Å². The van der Waals surface area contributed by atoms with Crippen molar-refractivity contribution < 1.29 is 31.5 Å². The fourth-order valence-corrected chi connectivity index (χ4v) is 5.08. The Kier molecular flexibility index (Phi) is 6.55. The molecule has 11 heteroatoms. The van der Waals surface area contributed by atoms with Crippen LogP contribution in [-0.2, 0) is 22.6 Å². The standard InChI is InChI=1S/C28H22F3N3O4S/c1-39(37,38)33-25-16-19(8-12-26(25)35)34-14-13-24-21(27(34)36)10-11-23(32-24)20-9-7-18(28(29,30)31)15-22(20)17-5-3-2-4-6-17/h2-12,15-16,33,35H,13-14H2,1H3. The minimum absolute atomic E-state index is 0.0576. The zero-order valence-electron chi connectivity index (χ0n) is 20.5. The number of phenols is 1. The van der Waals surface area contributed by atoms with Gasteiger partial charge in [0, 0.05) is 24.2 Å². The Morgan fingerprint density at radius 2 is 1.64 bits per heavy atom. The number of fused-ring (bicyclic) bond motifs is 1. The Balaban J connectivity index is 1.51. The van der Waals surface area contributed by atoms with Gasteiger partial charge in [-0.25, -0.2) is 8.42 Å². The zero-order chi connectivity index (χ0) is 27.9. The van der Waals surface area contributed by atoms with Crippen LogP contribution in [0.3, 0.4) is 0 Å². The number of phenolic OH excluding ortho intramolecular Hbond substituents is 1. The summed E-state index contributed by atoms with van der Waals surface area (Å²) in [5.74, 6) is -0.659. The van der Waals surface area contributed by atoms with Crippen molar-refractivity contribution in [3.05, 3.63) is 95.7 Å². The van der Waals surface area contributed by atoms with Crippen LogP contribution in [0.15, 0.2) is 78.9 Å². The summed E-state index contributed by atoms with van der Waals surface area (Å²) in [6, 6.07) is 19.6. The highest BCUT2D eigenvalue weighted by Crippen LogP contribution is 2.38. The Morgan fingerprint density at radius 3 is 2.33 bits per heavy atom. The zero-order valence-corrected chi connectivity index (χ0v) is 21.3. The predicted molar refractivity (Wildman–Crippen MR) is 142 cm³/mol. The van der Waals surface area contributed by atoms with Gasteiger partial charge < -0.3 is 10.0 Å². The third kappa shape index (κ3) is 5.44. The number of nitrogens with zero attached hydrogens (tertiary/aromatic N) is 2. The number of halogens is 3. The van der Waals surface area contributed by atoms with E-state index in [1.165, 1.54) is 29.2 Å². The number of benzene rings is 3. The van der Waals surface area contributed by atoms with Crippen LogP contribution in [0.2, 0.25) is 0 Å². The van der Waals surface area contributed by atoms with Gasteiger partial charge in [0.15, 0.2) is 0 Å². The van der Waals surface area contributed by atoms with Gasteiger partial charge in [0.25, 0.3) is 5.91 Å². The minimum atomic E-state index is -4.51. The van der Waals surface area contributed by atoms with Crippen molar-refractivity contribution in [1.29, 1.82) is 0 Å². The second-order valence-electron chi connectivity index (χ2n) is 9.10. The maximum atomic E-state index is 13.5. The highest BCUT2D eigenvalue weighted by Gasteiger charge is 2.32. The molecule has 1 aliphatic rings. The number of carbonyl (C=O) groups excluding carboxylic acids is 1. The van der Waals surface area contributed by atoms with Gasteiger partial charge in [-0.15, -0.1) is 0 Å². The minimum Gasteiger partial charge on any atom is -0.506 e. The van der Waals surface area contributed by atoms with Crippen molar-refractivity contribution in [1.82, 2.24) is 4.98 Å². The second-order valence-corrected chi connectivity index (χ2v) is 10.8. The first-order valence-electron chi connectivity index (χ1n) is 11.8. The SMILES string of the molecule is CS(=O)(=O)Nc1cc(N2CCc3nc(-c4ccc(C(F)(F)F)cc4-c4ccccc4)ccc3C2=O)ccc1O. The summed E-state index contributed by atoms with van der Waals surface area (Å²) >= 11 is 0. The third-order valence-electron chi connectivity index (χ3n) is 6.32. The third-order valence-corrected chi connectivity index (χ3v) is 6.91. The van der Waals surface area contributed by atoms with Gasteiger partial charge >= 0.3 is 6.18 Å². The Morgan fingerprint density at radius 1 is 0.923 bits per heavy atom. The number of sulfonamides is 1. The maximum absolute atomic E-state index is 13.5. The molecule has 0 fully saturated rings. The fraction of sp³-hybridized carbons (Fsp3) is 0.143. The van der Waals surface area contributed by atoms with Gasteiger partial charge in [-0.3, -0.25) is 14.5 Å². The number of anilines is 2. The number of rotatable bonds is 5. The number of pyridine rings is 1. The summed E-state index contributed by atoms with van der Waals surface area (Å²) < 4.78 is 65.9. The van der Waals surface area contributed by atoms with E-state index in [4.69, 9.17) is 0 Å². The van der Waals surface area contributed by atoms with Crippen LogP contribution in [0.4, 0.5) is 24.5 Å². The summed E-state index contributed by atoms with van der Waals surface area (Å²) in [7, 11) is -3.66. The largest absolute Gasteiger partial charge is 0.506 e. The predicted octanol–water partition coefficient (Wildman–Crippen LogP) is 5.71. The lowest BCUT2D eigenvalue weighted by molar-refractivity contribution is -0.137. The van der Waals surface area contributed by atoms with Crippen molar-refractivity contribution in [3.8, 4) is 28.1 Å². The van der Waals surface area contributed by atoms with E-state index in [1.54, 1.807) is 42.5 Å². The molecular weight excluding hydrogens is 531 g/mol. The molecular formula is C28H22F3N3O4S. The van der Waals surface area contributed by atoms with Gasteiger partial charge in [0.2, 0.25) is 10.0 Å². The fourth-order valence-electron chi connectivity index (χ4n) is 4.52. The molecule has 0 saturated carbocycles. The lowest BCUT2D eigenvalue weighted by atomic mass is 9.94. The number of hydrogen-bond donors (Lipinski definition) is 2. The van der Waals surface area contributed by atoms with E-state index in [-0.39, 0.29) is 23.9 Å². The highest BCUT2D eigenvalue weighted by molar-refractivity contribution is 7.92. The van der Waals surface area contributed by atoms with Crippen LogP contribution < -0.4 is 9.62 Å². The van der Waals surface area contributed by atoms with Crippen molar-refractivity contribution in [3.63, 3.8) is 0 Å². The molecule has 0 saturated heterocycles. The topological polar surface area (TPSA) is 99.6 Å². The average Bonchev–Trinajstić information content (AvgIpc) is 2.89. The number of carbonyl (C=O) groups is 1. The smallest absolute Gasteiger partial charge is 0.416 e. The number of aromatic hydroxyl groups is 1. The molecule has 0 atom stereocenters. The Bertz CT molecular complexity index is 1690. The molecule has 200 valence electrons. The molecule has 7 nitrogen and oxygen atoms in total. The number of hydrogen-bond acceptors (Lipinski definition) is 5. The summed E-state index contributed by atoms with van der Waals surface area (Å²) in [6.07, 6.45) is -3.21. The van der Waals surface area contributed by atoms with Crippen molar-refractivity contribution in [2.45, 2.75) is 12.6 Å². The lowest BCUT2D eigenvalue weighted by Crippen LogP contribution is -2.38. The number of nitrogens with one attached hydrogen (secondary N) is 1. The Hall–Kier alpha value is -4.38. The van der Waals surface area contributed by atoms with E-state index >= 15 is 0 Å². The van der Waals surface area contributed by atoms with Gasteiger partial charge in [-0.1, -0.05) is 36.4 Å².